The summed E-state index contributed by atoms with van der Waals surface area (Å²) in [6, 6.07) is 15.5. The lowest BCUT2D eigenvalue weighted by molar-refractivity contribution is -0.0591. The highest BCUT2D eigenvalue weighted by molar-refractivity contribution is 5.96. The Morgan fingerprint density at radius 2 is 1.95 bits per heavy atom. The van der Waals surface area contributed by atoms with Crippen molar-refractivity contribution in [1.82, 2.24) is 19.4 Å². The van der Waals surface area contributed by atoms with E-state index in [1.54, 1.807) is 31.4 Å². The first-order chi connectivity index (χ1) is 21.4. The maximum Gasteiger partial charge on any atom is 0.338 e. The van der Waals surface area contributed by atoms with Crippen LogP contribution in [0.25, 0.3) is 11.0 Å². The van der Waals surface area contributed by atoms with Crippen LogP contribution in [-0.4, -0.2) is 65.4 Å². The van der Waals surface area contributed by atoms with Gasteiger partial charge in [-0.2, -0.15) is 5.26 Å². The van der Waals surface area contributed by atoms with Crippen LogP contribution in [0.3, 0.4) is 0 Å². The van der Waals surface area contributed by atoms with Gasteiger partial charge in [0.1, 0.15) is 29.5 Å². The summed E-state index contributed by atoms with van der Waals surface area (Å²) in [5.74, 6) is 2.35. The number of benzene rings is 2. The Kier molecular flexibility index (Phi) is 7.40. The van der Waals surface area contributed by atoms with Crippen molar-refractivity contribution >= 4 is 17.0 Å². The third-order valence-electron chi connectivity index (χ3n) is 9.00. The van der Waals surface area contributed by atoms with E-state index in [1.165, 1.54) is 13.2 Å². The molecule has 2 aromatic carbocycles. The van der Waals surface area contributed by atoms with Gasteiger partial charge in [0.05, 0.1) is 56.1 Å². The summed E-state index contributed by atoms with van der Waals surface area (Å²) in [6.07, 6.45) is 1.10. The lowest BCUT2D eigenvalue weighted by atomic mass is 10.1. The number of likely N-dealkylation sites (tertiary alicyclic amines) is 1. The van der Waals surface area contributed by atoms with Gasteiger partial charge in [-0.05, 0) is 48.6 Å². The van der Waals surface area contributed by atoms with Gasteiger partial charge in [0.2, 0.25) is 5.88 Å². The molecule has 10 nitrogen and oxygen atoms in total. The molecule has 1 saturated carbocycles. The molecule has 7 rings (SSSR count). The number of fused-ring (bicyclic) bond motifs is 2. The van der Waals surface area contributed by atoms with Crippen LogP contribution < -0.4 is 9.47 Å². The summed E-state index contributed by atoms with van der Waals surface area (Å²) in [5, 5.41) is 8.96. The summed E-state index contributed by atoms with van der Waals surface area (Å²) in [5.41, 5.74) is 3.62. The van der Waals surface area contributed by atoms with E-state index >= 15 is 0 Å². The molecule has 0 amide bonds. The monoisotopic (exact) mass is 597 g/mol. The van der Waals surface area contributed by atoms with Crippen molar-refractivity contribution in [3.8, 4) is 17.7 Å². The number of esters is 1. The van der Waals surface area contributed by atoms with Crippen LogP contribution in [0.15, 0.2) is 48.5 Å². The molecule has 2 aliphatic heterocycles. The Labute approximate surface area is 253 Å². The molecule has 4 aromatic rings. The van der Waals surface area contributed by atoms with Gasteiger partial charge in [0.15, 0.2) is 0 Å². The van der Waals surface area contributed by atoms with Crippen LogP contribution >= 0.6 is 0 Å². The van der Waals surface area contributed by atoms with Crippen molar-refractivity contribution in [2.24, 2.45) is 11.8 Å². The Hall–Kier alpha value is -4.53. The predicted octanol–water partition coefficient (Wildman–Crippen LogP) is 4.45. The molecule has 3 atom stereocenters. The van der Waals surface area contributed by atoms with E-state index in [1.807, 2.05) is 24.3 Å². The topological polar surface area (TPSA) is 112 Å². The van der Waals surface area contributed by atoms with Crippen LogP contribution in [0.4, 0.5) is 4.39 Å². The molecule has 3 aliphatic rings. The lowest BCUT2D eigenvalue weighted by Crippen LogP contribution is -2.33. The molecule has 3 fully saturated rings. The average Bonchev–Trinajstić information content (AvgIpc) is 3.33. The summed E-state index contributed by atoms with van der Waals surface area (Å²) < 4.78 is 38.6. The van der Waals surface area contributed by atoms with Crippen molar-refractivity contribution in [3.05, 3.63) is 82.6 Å². The van der Waals surface area contributed by atoms with E-state index in [4.69, 9.17) is 34.2 Å². The van der Waals surface area contributed by atoms with Gasteiger partial charge < -0.3 is 23.5 Å². The summed E-state index contributed by atoms with van der Waals surface area (Å²) in [7, 11) is 2.95. The number of halogens is 1. The number of pyridine rings is 1. The maximum atomic E-state index is 14.3. The number of nitrogens with zero attached hydrogens (tertiary/aromatic N) is 5. The van der Waals surface area contributed by atoms with E-state index in [2.05, 4.69) is 9.47 Å². The second-order valence-electron chi connectivity index (χ2n) is 11.6. The summed E-state index contributed by atoms with van der Waals surface area (Å²) >= 11 is 0. The van der Waals surface area contributed by atoms with Crippen molar-refractivity contribution in [2.45, 2.75) is 38.1 Å². The number of aromatic nitrogens is 3. The van der Waals surface area contributed by atoms with Gasteiger partial charge in [0, 0.05) is 42.9 Å². The fourth-order valence-corrected chi connectivity index (χ4v) is 6.55. The molecule has 2 unspecified atom stereocenters. The second kappa shape index (κ2) is 11.5. The van der Waals surface area contributed by atoms with Crippen LogP contribution in [-0.2, 0) is 29.2 Å². The number of hydrogen-bond donors (Lipinski definition) is 0. The molecule has 0 spiro atoms. The van der Waals surface area contributed by atoms with E-state index in [0.29, 0.717) is 53.6 Å². The smallest absolute Gasteiger partial charge is 0.338 e. The molecular weight excluding hydrogens is 565 g/mol. The van der Waals surface area contributed by atoms with E-state index < -0.39 is 11.8 Å². The van der Waals surface area contributed by atoms with E-state index in [0.717, 1.165) is 48.7 Å². The predicted molar refractivity (Wildman–Crippen MR) is 157 cm³/mol. The zero-order valence-corrected chi connectivity index (χ0v) is 24.5. The Morgan fingerprint density at radius 3 is 2.64 bits per heavy atom. The first-order valence-electron chi connectivity index (χ1n) is 14.7. The minimum absolute atomic E-state index is 0.0398. The zero-order valence-electron chi connectivity index (χ0n) is 24.5. The number of nitriles is 1. The minimum Gasteiger partial charge on any atom is -0.494 e. The molecule has 1 aliphatic carbocycles. The number of carbonyl (C=O) groups excluding carboxylic acids is 1. The van der Waals surface area contributed by atoms with Gasteiger partial charge in [-0.1, -0.05) is 12.1 Å². The van der Waals surface area contributed by atoms with Crippen LogP contribution in [0.5, 0.6) is 11.6 Å². The summed E-state index contributed by atoms with van der Waals surface area (Å²) in [4.78, 5) is 24.5. The molecular formula is C33H32FN5O5. The van der Waals surface area contributed by atoms with Crippen LogP contribution in [0.1, 0.15) is 45.3 Å². The largest absolute Gasteiger partial charge is 0.494 e. The molecule has 2 saturated heterocycles. The minimum atomic E-state index is -0.465. The van der Waals surface area contributed by atoms with Crippen molar-refractivity contribution < 1.29 is 28.1 Å². The van der Waals surface area contributed by atoms with Crippen molar-refractivity contribution in [3.63, 3.8) is 0 Å². The van der Waals surface area contributed by atoms with Gasteiger partial charge in [-0.3, -0.25) is 4.90 Å². The SMILES string of the molecule is COC(=O)c1cc(OC)c2nc(CN3CC4C(C3)C4c3cccc(OCc4ccc(C#N)cc4F)n3)n(C[C@@H]3CCO3)c2c1. The molecule has 44 heavy (non-hydrogen) atoms. The number of piperidine rings is 1. The first-order valence-corrected chi connectivity index (χ1v) is 14.7. The number of imidazole rings is 1. The Morgan fingerprint density at radius 1 is 1.14 bits per heavy atom. The number of rotatable bonds is 10. The highest BCUT2D eigenvalue weighted by atomic mass is 19.1. The van der Waals surface area contributed by atoms with Crippen molar-refractivity contribution in [2.75, 3.05) is 33.9 Å². The fraction of sp³-hybridized carbons (Fsp3) is 0.394. The number of ether oxygens (including phenoxy) is 4. The maximum absolute atomic E-state index is 14.3. The number of methoxy groups -OCH3 is 2. The van der Waals surface area contributed by atoms with Crippen LogP contribution in [0.2, 0.25) is 0 Å². The van der Waals surface area contributed by atoms with Gasteiger partial charge in [-0.15, -0.1) is 0 Å². The van der Waals surface area contributed by atoms with Gasteiger partial charge in [0.25, 0.3) is 0 Å². The molecule has 0 N–H and O–H groups in total. The standard InChI is InChI=1S/C33H32FN5O5/c1-41-28-12-21(33(40)42-2)11-27-32(28)37-29(39(27)14-22-8-9-43-22)17-38-15-23-24(16-38)31(23)26-4-3-5-30(36-26)44-18-20-7-6-19(13-35)10-25(20)34/h3-7,10-12,22-24,31H,8-9,14-18H2,1-2H3/t22-,23?,24?,31?/m0/s1. The van der Waals surface area contributed by atoms with Gasteiger partial charge >= 0.3 is 5.97 Å². The Balaban J connectivity index is 1.04. The van der Waals surface area contributed by atoms with E-state index in [9.17, 15) is 9.18 Å². The molecule has 11 heteroatoms. The Bertz CT molecular complexity index is 1770. The number of carbonyl (C=O) groups is 1. The number of hydrogen-bond acceptors (Lipinski definition) is 9. The third-order valence-corrected chi connectivity index (χ3v) is 9.00. The highest BCUT2D eigenvalue weighted by Crippen LogP contribution is 2.58. The fourth-order valence-electron chi connectivity index (χ4n) is 6.55. The van der Waals surface area contributed by atoms with Crippen molar-refractivity contribution in [1.29, 1.82) is 5.26 Å². The quantitative estimate of drug-likeness (QED) is 0.245. The lowest BCUT2D eigenvalue weighted by Gasteiger charge is -2.28. The second-order valence-corrected chi connectivity index (χ2v) is 11.6. The molecule has 2 aromatic heterocycles. The third kappa shape index (κ3) is 5.25. The molecule has 4 heterocycles. The summed E-state index contributed by atoms with van der Waals surface area (Å²) in [6.45, 7) is 3.97. The zero-order chi connectivity index (χ0) is 30.4. The van der Waals surface area contributed by atoms with Crippen LogP contribution in [0, 0.1) is 29.0 Å². The molecule has 0 bridgehead atoms. The van der Waals surface area contributed by atoms with E-state index in [-0.39, 0.29) is 18.3 Å². The van der Waals surface area contributed by atoms with Gasteiger partial charge in [-0.25, -0.2) is 19.2 Å². The highest BCUT2D eigenvalue weighted by Gasteiger charge is 2.57. The first kappa shape index (κ1) is 28.3. The average molecular weight is 598 g/mol. The molecule has 0 radical (unpaired) electrons. The molecule has 226 valence electrons. The normalized spacial score (nSPS) is 22.2.